The van der Waals surface area contributed by atoms with Gasteiger partial charge in [-0.3, -0.25) is 0 Å². The van der Waals surface area contributed by atoms with E-state index in [1.54, 1.807) is 11.3 Å². The Morgan fingerprint density at radius 2 is 1.97 bits per heavy atom. The van der Waals surface area contributed by atoms with Gasteiger partial charge >= 0.3 is 0 Å². The van der Waals surface area contributed by atoms with Crippen LogP contribution in [0.4, 0.5) is 9.52 Å². The molecular weight excluding hydrogens is 511 g/mol. The summed E-state index contributed by atoms with van der Waals surface area (Å²) in [6.45, 7) is 1.21. The van der Waals surface area contributed by atoms with Crippen LogP contribution >= 0.6 is 38.9 Å². The molecule has 158 valence electrons. The fraction of sp³-hybridized carbons (Fsp3) is 0.286. The van der Waals surface area contributed by atoms with Crippen molar-refractivity contribution < 1.29 is 12.8 Å². The van der Waals surface area contributed by atoms with Gasteiger partial charge in [0.25, 0.3) is 0 Å². The topological polar surface area (TPSA) is 50.3 Å². The lowest BCUT2D eigenvalue weighted by Crippen LogP contribution is -2.39. The molecule has 0 saturated carbocycles. The van der Waals surface area contributed by atoms with Crippen molar-refractivity contribution in [1.29, 1.82) is 0 Å². The lowest BCUT2D eigenvalue weighted by molar-refractivity contribution is 0.529. The fourth-order valence-corrected chi connectivity index (χ4v) is 7.22. The van der Waals surface area contributed by atoms with Gasteiger partial charge in [-0.15, -0.1) is 11.3 Å². The number of piperidine rings is 1. The van der Waals surface area contributed by atoms with E-state index in [0.717, 1.165) is 33.9 Å². The number of anilines is 1. The van der Waals surface area contributed by atoms with E-state index in [2.05, 4.69) is 38.3 Å². The molecule has 2 heterocycles. The third-order valence-electron chi connectivity index (χ3n) is 5.17. The molecule has 0 N–H and O–H groups in total. The second-order valence-electron chi connectivity index (χ2n) is 7.23. The zero-order valence-corrected chi connectivity index (χ0v) is 19.9. The number of hydrogen-bond acceptors (Lipinski definition) is 5. The maximum Gasteiger partial charge on any atom is 0.185 e. The maximum absolute atomic E-state index is 13.3. The van der Waals surface area contributed by atoms with Crippen molar-refractivity contribution in [2.45, 2.75) is 29.4 Å². The predicted molar refractivity (Wildman–Crippen MR) is 123 cm³/mol. The SMILES string of the molecule is O=S(=O)(c1ccc(F)cc1Cl)C1CCN(c2nc(Cc3cccc(Br)c3)cs2)CC1. The maximum atomic E-state index is 13.3. The van der Waals surface area contributed by atoms with E-state index in [-0.39, 0.29) is 9.92 Å². The van der Waals surface area contributed by atoms with E-state index < -0.39 is 20.9 Å². The van der Waals surface area contributed by atoms with E-state index in [1.165, 1.54) is 11.6 Å². The zero-order chi connectivity index (χ0) is 21.3. The molecule has 3 aromatic rings. The summed E-state index contributed by atoms with van der Waals surface area (Å²) in [4.78, 5) is 6.89. The molecule has 1 aromatic heterocycles. The molecule has 2 aromatic carbocycles. The molecule has 9 heteroatoms. The summed E-state index contributed by atoms with van der Waals surface area (Å²) in [5.41, 5.74) is 2.18. The van der Waals surface area contributed by atoms with Gasteiger partial charge in [0.15, 0.2) is 15.0 Å². The van der Waals surface area contributed by atoms with Gasteiger partial charge in [0, 0.05) is 29.4 Å². The minimum atomic E-state index is -3.60. The summed E-state index contributed by atoms with van der Waals surface area (Å²) in [5, 5.41) is 2.38. The first-order valence-electron chi connectivity index (χ1n) is 9.45. The number of hydrogen-bond donors (Lipinski definition) is 0. The minimum absolute atomic E-state index is 0.00886. The van der Waals surface area contributed by atoms with Gasteiger partial charge in [-0.25, -0.2) is 17.8 Å². The Morgan fingerprint density at radius 1 is 1.20 bits per heavy atom. The van der Waals surface area contributed by atoms with Crippen molar-refractivity contribution >= 4 is 53.8 Å². The van der Waals surface area contributed by atoms with Crippen LogP contribution in [0.2, 0.25) is 5.02 Å². The molecule has 0 radical (unpaired) electrons. The monoisotopic (exact) mass is 528 g/mol. The standard InChI is InChI=1S/C21H19BrClFN2O2S2/c22-15-3-1-2-14(10-15)11-17-13-29-21(25-17)26-8-6-18(7-9-26)30(27,28)20-5-4-16(24)12-19(20)23/h1-5,10,12-13,18H,6-9,11H2. The van der Waals surface area contributed by atoms with Gasteiger partial charge in [0.2, 0.25) is 0 Å². The summed E-state index contributed by atoms with van der Waals surface area (Å²) in [7, 11) is -3.60. The Bertz CT molecular complexity index is 1160. The van der Waals surface area contributed by atoms with Crippen molar-refractivity contribution in [3.8, 4) is 0 Å². The summed E-state index contributed by atoms with van der Waals surface area (Å²) in [5.74, 6) is -0.545. The molecular formula is C21H19BrClFN2O2S2. The van der Waals surface area contributed by atoms with Gasteiger partial charge in [0.1, 0.15) is 5.82 Å². The zero-order valence-electron chi connectivity index (χ0n) is 15.9. The second-order valence-corrected chi connectivity index (χ2v) is 11.6. The van der Waals surface area contributed by atoms with Crippen LogP contribution in [0.5, 0.6) is 0 Å². The average molecular weight is 530 g/mol. The molecule has 4 nitrogen and oxygen atoms in total. The van der Waals surface area contributed by atoms with E-state index in [4.69, 9.17) is 16.6 Å². The molecule has 0 amide bonds. The number of sulfone groups is 1. The van der Waals surface area contributed by atoms with Gasteiger partial charge in [-0.2, -0.15) is 0 Å². The molecule has 0 spiro atoms. The van der Waals surface area contributed by atoms with Crippen LogP contribution in [-0.2, 0) is 16.3 Å². The van der Waals surface area contributed by atoms with Crippen molar-refractivity contribution in [3.05, 3.63) is 74.4 Å². The van der Waals surface area contributed by atoms with Gasteiger partial charge in [-0.1, -0.05) is 39.7 Å². The molecule has 1 saturated heterocycles. The molecule has 30 heavy (non-hydrogen) atoms. The van der Waals surface area contributed by atoms with Crippen LogP contribution in [0, 0.1) is 5.82 Å². The largest absolute Gasteiger partial charge is 0.348 e. The Labute approximate surface area is 192 Å². The van der Waals surface area contributed by atoms with Gasteiger partial charge in [-0.05, 0) is 48.7 Å². The fourth-order valence-electron chi connectivity index (χ4n) is 3.62. The normalized spacial score (nSPS) is 15.5. The molecule has 1 aliphatic rings. The molecule has 0 bridgehead atoms. The van der Waals surface area contributed by atoms with Crippen LogP contribution in [0.15, 0.2) is 57.2 Å². The third kappa shape index (κ3) is 4.72. The van der Waals surface area contributed by atoms with E-state index >= 15 is 0 Å². The van der Waals surface area contributed by atoms with Crippen molar-refractivity contribution in [2.75, 3.05) is 18.0 Å². The van der Waals surface area contributed by atoms with Crippen molar-refractivity contribution in [1.82, 2.24) is 4.98 Å². The predicted octanol–water partition coefficient (Wildman–Crippen LogP) is 5.73. The van der Waals surface area contributed by atoms with Crippen LogP contribution in [0.1, 0.15) is 24.1 Å². The third-order valence-corrected chi connectivity index (χ3v) is 9.35. The number of rotatable bonds is 5. The summed E-state index contributed by atoms with van der Waals surface area (Å²) >= 11 is 11.1. The Balaban J connectivity index is 1.42. The highest BCUT2D eigenvalue weighted by Crippen LogP contribution is 2.32. The Hall–Kier alpha value is -1.48. The Morgan fingerprint density at radius 3 is 2.67 bits per heavy atom. The number of halogens is 3. The highest BCUT2D eigenvalue weighted by Gasteiger charge is 2.33. The van der Waals surface area contributed by atoms with Crippen LogP contribution < -0.4 is 4.90 Å². The molecule has 0 unspecified atom stereocenters. The first kappa shape index (κ1) is 21.7. The lowest BCUT2D eigenvalue weighted by Gasteiger charge is -2.31. The van der Waals surface area contributed by atoms with Crippen LogP contribution in [-0.4, -0.2) is 31.7 Å². The Kier molecular flexibility index (Phi) is 6.48. The first-order valence-corrected chi connectivity index (χ1v) is 13.1. The number of aromatic nitrogens is 1. The van der Waals surface area contributed by atoms with E-state index in [9.17, 15) is 12.8 Å². The summed E-state index contributed by atoms with van der Waals surface area (Å²) in [6, 6.07) is 11.6. The van der Waals surface area contributed by atoms with Crippen LogP contribution in [0.3, 0.4) is 0 Å². The average Bonchev–Trinajstić information content (AvgIpc) is 3.16. The molecule has 1 aliphatic heterocycles. The van der Waals surface area contributed by atoms with E-state index in [0.29, 0.717) is 25.9 Å². The first-order chi connectivity index (χ1) is 14.3. The van der Waals surface area contributed by atoms with Crippen molar-refractivity contribution in [3.63, 3.8) is 0 Å². The number of nitrogens with zero attached hydrogens (tertiary/aromatic N) is 2. The van der Waals surface area contributed by atoms with Crippen molar-refractivity contribution in [2.24, 2.45) is 0 Å². The number of benzene rings is 2. The lowest BCUT2D eigenvalue weighted by atomic mass is 10.1. The summed E-state index contributed by atoms with van der Waals surface area (Å²) in [6.07, 6.45) is 1.72. The quantitative estimate of drug-likeness (QED) is 0.396. The summed E-state index contributed by atoms with van der Waals surface area (Å²) < 4.78 is 40.2. The highest BCUT2D eigenvalue weighted by molar-refractivity contribution is 9.10. The van der Waals surface area contributed by atoms with Gasteiger partial charge < -0.3 is 4.90 Å². The van der Waals surface area contributed by atoms with Gasteiger partial charge in [0.05, 0.1) is 20.9 Å². The molecule has 4 rings (SSSR count). The van der Waals surface area contributed by atoms with Crippen LogP contribution in [0.25, 0.3) is 0 Å². The highest BCUT2D eigenvalue weighted by atomic mass is 79.9. The molecule has 0 atom stereocenters. The second kappa shape index (κ2) is 8.94. The molecule has 1 fully saturated rings. The smallest absolute Gasteiger partial charge is 0.185 e. The number of thiazole rings is 1. The molecule has 0 aliphatic carbocycles. The minimum Gasteiger partial charge on any atom is -0.348 e. The van der Waals surface area contributed by atoms with E-state index in [1.807, 2.05) is 12.1 Å².